The minimum atomic E-state index is -0.504. The predicted octanol–water partition coefficient (Wildman–Crippen LogP) is 5.97. The Morgan fingerprint density at radius 3 is 1.52 bits per heavy atom. The Hall–Kier alpha value is -3.54. The van der Waals surface area contributed by atoms with Gasteiger partial charge in [-0.05, 0) is 101 Å². The molecule has 0 aromatic heterocycles. The number of anilines is 2. The third kappa shape index (κ3) is 6.60. The normalized spacial score (nSPS) is 22.8. The predicted molar refractivity (Wildman–Crippen MR) is 164 cm³/mol. The number of carbonyl (C=O) groups is 2. The van der Waals surface area contributed by atoms with Gasteiger partial charge in [0.15, 0.2) is 0 Å². The first-order valence-corrected chi connectivity index (χ1v) is 14.9. The Bertz CT molecular complexity index is 1220. The Morgan fingerprint density at radius 1 is 0.700 bits per heavy atom. The molecule has 3 heterocycles. The van der Waals surface area contributed by atoms with Gasteiger partial charge in [-0.15, -0.1) is 0 Å². The van der Waals surface area contributed by atoms with E-state index >= 15 is 0 Å². The molecule has 4 atom stereocenters. The van der Waals surface area contributed by atoms with Gasteiger partial charge in [0.25, 0.3) is 0 Å². The standard InChI is InChI=1S/C34H44N4O2/c1-21(2)7-5-9-23-11-13-27-25(19-35-29(27)15-23)17-31-33(39)38-32(34(40)37-31)18-26-20-36-30-16-24(12-14-28(26)30)10-6-8-22(3)4/h7-8,11-16,25-26,31-32,35-36H,5-6,9-10,17-20H2,1-4H3,(H,37,40)(H,38,39). The number of fused-ring (bicyclic) bond motifs is 2. The van der Waals surface area contributed by atoms with Crippen molar-refractivity contribution in [2.75, 3.05) is 23.7 Å². The van der Waals surface area contributed by atoms with E-state index < -0.39 is 12.1 Å². The molecule has 4 N–H and O–H groups in total. The van der Waals surface area contributed by atoms with Gasteiger partial charge < -0.3 is 21.3 Å². The monoisotopic (exact) mass is 540 g/mol. The van der Waals surface area contributed by atoms with Crippen LogP contribution in [-0.4, -0.2) is 37.0 Å². The molecule has 5 rings (SSSR count). The molecule has 2 amide bonds. The number of nitrogens with one attached hydrogen (secondary N) is 4. The zero-order valence-electron chi connectivity index (χ0n) is 24.4. The summed E-state index contributed by atoms with van der Waals surface area (Å²) >= 11 is 0. The summed E-state index contributed by atoms with van der Waals surface area (Å²) in [4.78, 5) is 26.2. The highest BCUT2D eigenvalue weighted by Crippen LogP contribution is 2.37. The SMILES string of the molecule is CC(C)=CCCc1ccc2c(c1)NCC2CC1NC(=O)C(CC2CNc3cc(CCC=C(C)C)ccc32)NC1=O. The van der Waals surface area contributed by atoms with E-state index in [0.29, 0.717) is 12.8 Å². The fraction of sp³-hybridized carbons (Fsp3) is 0.471. The van der Waals surface area contributed by atoms with Crippen molar-refractivity contribution < 1.29 is 9.59 Å². The number of benzene rings is 2. The van der Waals surface area contributed by atoms with Crippen LogP contribution in [-0.2, 0) is 22.4 Å². The Balaban J connectivity index is 1.15. The van der Waals surface area contributed by atoms with Crippen LogP contribution in [0, 0.1) is 0 Å². The van der Waals surface area contributed by atoms with Crippen LogP contribution in [0.3, 0.4) is 0 Å². The van der Waals surface area contributed by atoms with E-state index in [4.69, 9.17) is 0 Å². The van der Waals surface area contributed by atoms with Crippen LogP contribution in [0.25, 0.3) is 0 Å². The largest absolute Gasteiger partial charge is 0.384 e. The van der Waals surface area contributed by atoms with Crippen LogP contribution in [0.4, 0.5) is 11.4 Å². The maximum atomic E-state index is 13.1. The number of rotatable bonds is 10. The molecule has 40 heavy (non-hydrogen) atoms. The fourth-order valence-electron chi connectivity index (χ4n) is 6.27. The summed E-state index contributed by atoms with van der Waals surface area (Å²) in [6.07, 6.45) is 9.87. The lowest BCUT2D eigenvalue weighted by Gasteiger charge is -2.32. The lowest BCUT2D eigenvalue weighted by Crippen LogP contribution is -2.62. The number of hydrogen-bond acceptors (Lipinski definition) is 4. The van der Waals surface area contributed by atoms with Crippen molar-refractivity contribution in [3.8, 4) is 0 Å². The van der Waals surface area contributed by atoms with Gasteiger partial charge in [0.05, 0.1) is 0 Å². The molecule has 6 nitrogen and oxygen atoms in total. The van der Waals surface area contributed by atoms with Gasteiger partial charge in [-0.3, -0.25) is 9.59 Å². The third-order valence-electron chi connectivity index (χ3n) is 8.47. The van der Waals surface area contributed by atoms with Crippen molar-refractivity contribution in [2.45, 2.75) is 90.1 Å². The van der Waals surface area contributed by atoms with Crippen molar-refractivity contribution in [1.82, 2.24) is 10.6 Å². The molecule has 0 radical (unpaired) electrons. The van der Waals surface area contributed by atoms with Crippen LogP contribution in [0.1, 0.15) is 87.5 Å². The smallest absolute Gasteiger partial charge is 0.243 e. The average Bonchev–Trinajstić information content (AvgIpc) is 3.50. The van der Waals surface area contributed by atoms with E-state index in [9.17, 15) is 9.59 Å². The van der Waals surface area contributed by atoms with Gasteiger partial charge in [-0.25, -0.2) is 0 Å². The van der Waals surface area contributed by atoms with E-state index in [2.05, 4.69) is 97.5 Å². The van der Waals surface area contributed by atoms with Crippen LogP contribution < -0.4 is 21.3 Å². The molecule has 4 unspecified atom stereocenters. The second-order valence-electron chi connectivity index (χ2n) is 12.2. The second-order valence-corrected chi connectivity index (χ2v) is 12.2. The molecule has 2 aromatic carbocycles. The highest BCUT2D eigenvalue weighted by molar-refractivity contribution is 5.97. The minimum Gasteiger partial charge on any atom is -0.384 e. The van der Waals surface area contributed by atoms with Crippen molar-refractivity contribution in [3.63, 3.8) is 0 Å². The number of allylic oxidation sites excluding steroid dienone is 4. The Labute approximate surface area is 239 Å². The maximum Gasteiger partial charge on any atom is 0.243 e. The zero-order valence-corrected chi connectivity index (χ0v) is 24.4. The molecule has 0 bridgehead atoms. The van der Waals surface area contributed by atoms with Crippen LogP contribution in [0.15, 0.2) is 59.7 Å². The molecule has 1 fully saturated rings. The Morgan fingerprint density at radius 2 is 1.12 bits per heavy atom. The molecule has 1 saturated heterocycles. The van der Waals surface area contributed by atoms with Crippen molar-refractivity contribution in [3.05, 3.63) is 82.0 Å². The number of piperazine rings is 1. The van der Waals surface area contributed by atoms with Gasteiger partial charge in [0.1, 0.15) is 12.1 Å². The van der Waals surface area contributed by atoms with Crippen LogP contribution in [0.5, 0.6) is 0 Å². The first-order valence-electron chi connectivity index (χ1n) is 14.9. The van der Waals surface area contributed by atoms with E-state index in [-0.39, 0.29) is 23.7 Å². The molecule has 0 saturated carbocycles. The summed E-state index contributed by atoms with van der Waals surface area (Å²) in [5, 5.41) is 13.1. The summed E-state index contributed by atoms with van der Waals surface area (Å²) in [6.45, 7) is 10.1. The van der Waals surface area contributed by atoms with Gasteiger partial charge in [0.2, 0.25) is 11.8 Å². The summed E-state index contributed by atoms with van der Waals surface area (Å²) in [6, 6.07) is 12.3. The number of carbonyl (C=O) groups excluding carboxylic acids is 2. The summed E-state index contributed by atoms with van der Waals surface area (Å²) < 4.78 is 0. The van der Waals surface area contributed by atoms with Crippen LogP contribution >= 0.6 is 0 Å². The van der Waals surface area contributed by atoms with E-state index in [1.54, 1.807) is 0 Å². The van der Waals surface area contributed by atoms with E-state index in [1.165, 1.54) is 33.4 Å². The average molecular weight is 541 g/mol. The maximum absolute atomic E-state index is 13.1. The molecule has 2 aromatic rings. The molecule has 212 valence electrons. The molecular formula is C34H44N4O2. The highest BCUT2D eigenvalue weighted by atomic mass is 16.2. The molecule has 0 spiro atoms. The zero-order chi connectivity index (χ0) is 28.2. The summed E-state index contributed by atoms with van der Waals surface area (Å²) in [5.41, 5.74) is 10.1. The summed E-state index contributed by atoms with van der Waals surface area (Å²) in [7, 11) is 0. The first-order chi connectivity index (χ1) is 19.3. The third-order valence-corrected chi connectivity index (χ3v) is 8.47. The molecule has 3 aliphatic heterocycles. The van der Waals surface area contributed by atoms with Gasteiger partial charge in [-0.2, -0.15) is 0 Å². The molecular weight excluding hydrogens is 496 g/mol. The fourth-order valence-corrected chi connectivity index (χ4v) is 6.27. The summed E-state index contributed by atoms with van der Waals surface area (Å²) in [5.74, 6) is 0.256. The van der Waals surface area contributed by atoms with Crippen molar-refractivity contribution in [1.29, 1.82) is 0 Å². The number of amides is 2. The lowest BCUT2D eigenvalue weighted by atomic mass is 9.89. The van der Waals surface area contributed by atoms with E-state index in [0.717, 1.165) is 50.1 Å². The quantitative estimate of drug-likeness (QED) is 0.280. The number of hydrogen-bond donors (Lipinski definition) is 4. The van der Waals surface area contributed by atoms with Gasteiger partial charge >= 0.3 is 0 Å². The molecule has 6 heteroatoms. The second kappa shape index (κ2) is 12.3. The molecule has 3 aliphatic rings. The lowest BCUT2D eigenvalue weighted by molar-refractivity contribution is -0.137. The topological polar surface area (TPSA) is 82.3 Å². The first kappa shape index (κ1) is 28.0. The Kier molecular flexibility index (Phi) is 8.63. The number of aryl methyl sites for hydroxylation is 2. The van der Waals surface area contributed by atoms with E-state index in [1.807, 2.05) is 0 Å². The minimum absolute atomic E-state index is 0.0720. The highest BCUT2D eigenvalue weighted by Gasteiger charge is 2.38. The van der Waals surface area contributed by atoms with Crippen molar-refractivity contribution in [2.24, 2.45) is 0 Å². The van der Waals surface area contributed by atoms with Crippen molar-refractivity contribution >= 4 is 23.2 Å². The van der Waals surface area contributed by atoms with Crippen LogP contribution in [0.2, 0.25) is 0 Å². The molecule has 0 aliphatic carbocycles. The van der Waals surface area contributed by atoms with Gasteiger partial charge in [0, 0.05) is 36.3 Å². The van der Waals surface area contributed by atoms with Gasteiger partial charge in [-0.1, -0.05) is 47.6 Å².